The number of aromatic nitrogens is 8. The number of benzene rings is 3. The molecule has 0 aliphatic carbocycles. The summed E-state index contributed by atoms with van der Waals surface area (Å²) in [7, 11) is -2.53. The summed E-state index contributed by atoms with van der Waals surface area (Å²) in [5.74, 6) is -0.988. The number of halogens is 2. The number of hydrogen-bond donors (Lipinski definition) is 3. The third-order valence-electron chi connectivity index (χ3n) is 11.2. The lowest BCUT2D eigenvalue weighted by Crippen LogP contribution is -2.59. The Morgan fingerprint density at radius 2 is 1.81 bits per heavy atom. The zero-order chi connectivity index (χ0) is 44.4. The number of nitrogens with zero attached hydrogens (tertiary/aromatic N) is 10. The van der Waals surface area contributed by atoms with Crippen LogP contribution in [0.1, 0.15) is 39.7 Å². The van der Waals surface area contributed by atoms with Gasteiger partial charge in [0, 0.05) is 68.9 Å². The standard InChI is InChI=1S/C42H43F2N13O5S/c1-24(2)62-37-35(26-19-46-47-20-26)45-23-57-39(37)50-40(52-57)48-31-11-9-28(18-30(31)43)63(60,61)27-8-6-7-25(17-27)21-55-16-15-54(22-42(55,3)4)32-12-10-29-36(34(32)44)53(5)51-38(29)56-14-13-33(58)49-41(56)59/h6-12,17-20,23-24H,13-16,21-22H2,1-5H3,(H,46,47)(H,48,52)(H,49,58,59). The Balaban J connectivity index is 0.894. The molecule has 21 heteroatoms. The molecule has 3 aromatic carbocycles. The number of rotatable bonds is 11. The van der Waals surface area contributed by atoms with Gasteiger partial charge >= 0.3 is 6.03 Å². The second-order valence-corrected chi connectivity index (χ2v) is 18.3. The summed E-state index contributed by atoms with van der Waals surface area (Å²) in [6, 6.07) is 13.0. The van der Waals surface area contributed by atoms with Gasteiger partial charge in [-0.15, -0.1) is 5.10 Å². The van der Waals surface area contributed by atoms with Crippen molar-refractivity contribution in [1.82, 2.24) is 49.8 Å². The van der Waals surface area contributed by atoms with Crippen molar-refractivity contribution in [3.8, 4) is 17.0 Å². The molecule has 2 aliphatic heterocycles. The van der Waals surface area contributed by atoms with E-state index in [1.807, 2.05) is 38.7 Å². The Morgan fingerprint density at radius 1 is 1.00 bits per heavy atom. The number of amides is 3. The first-order chi connectivity index (χ1) is 30.1. The summed E-state index contributed by atoms with van der Waals surface area (Å²) in [5.41, 5.74) is 2.36. The van der Waals surface area contributed by atoms with Gasteiger partial charge in [-0.05, 0) is 75.7 Å². The average Bonchev–Trinajstić information content (AvgIpc) is 3.99. The van der Waals surface area contributed by atoms with Crippen molar-refractivity contribution in [3.05, 3.63) is 90.5 Å². The minimum absolute atomic E-state index is 0.0109. The first kappa shape index (κ1) is 41.4. The Kier molecular flexibility index (Phi) is 10.3. The smallest absolute Gasteiger partial charge is 0.329 e. The van der Waals surface area contributed by atoms with Gasteiger partial charge < -0.3 is 15.0 Å². The third-order valence-corrected chi connectivity index (χ3v) is 12.9. The number of imide groups is 1. The van der Waals surface area contributed by atoms with E-state index in [0.717, 1.165) is 11.6 Å². The molecule has 0 atom stereocenters. The number of hydrogen-bond acceptors (Lipinski definition) is 13. The zero-order valence-corrected chi connectivity index (χ0v) is 35.7. The van der Waals surface area contributed by atoms with Crippen LogP contribution in [0.25, 0.3) is 27.8 Å². The number of nitrogens with one attached hydrogen (secondary N) is 3. The maximum Gasteiger partial charge on any atom is 0.329 e. The van der Waals surface area contributed by atoms with Gasteiger partial charge in [0.15, 0.2) is 17.4 Å². The third kappa shape index (κ3) is 7.66. The Morgan fingerprint density at radius 3 is 2.54 bits per heavy atom. The number of aromatic amines is 1. The molecule has 0 radical (unpaired) electrons. The van der Waals surface area contributed by atoms with Gasteiger partial charge in [0.05, 0.1) is 33.5 Å². The lowest BCUT2D eigenvalue weighted by atomic mass is 9.97. The number of H-pyrrole nitrogens is 1. The van der Waals surface area contributed by atoms with Crippen LogP contribution in [0.3, 0.4) is 0 Å². The average molecular weight is 880 g/mol. The van der Waals surface area contributed by atoms with Crippen LogP contribution in [0, 0.1) is 11.6 Å². The van der Waals surface area contributed by atoms with Gasteiger partial charge in [-0.2, -0.15) is 19.7 Å². The quantitative estimate of drug-likeness (QED) is 0.145. The van der Waals surface area contributed by atoms with E-state index in [1.54, 1.807) is 43.7 Å². The van der Waals surface area contributed by atoms with Crippen molar-refractivity contribution in [2.24, 2.45) is 7.05 Å². The van der Waals surface area contributed by atoms with Gasteiger partial charge in [-0.1, -0.05) is 12.1 Å². The van der Waals surface area contributed by atoms with Crippen molar-refractivity contribution in [3.63, 3.8) is 0 Å². The molecule has 4 aromatic heterocycles. The highest BCUT2D eigenvalue weighted by molar-refractivity contribution is 7.91. The molecule has 0 unspecified atom stereocenters. The van der Waals surface area contributed by atoms with Crippen LogP contribution < -0.4 is 25.2 Å². The van der Waals surface area contributed by atoms with Gasteiger partial charge in [0.2, 0.25) is 27.3 Å². The predicted molar refractivity (Wildman–Crippen MR) is 229 cm³/mol. The Labute approximate surface area is 359 Å². The number of carbonyl (C=O) groups is 2. The SMILES string of the molecule is CC(C)Oc1c(-c2cn[nH]c2)ncn2nc(Nc3ccc(S(=O)(=O)c4cccc(CN5CCN(c6ccc7c(N8CCC(=O)NC8=O)nn(C)c7c6F)CC5(C)C)c4)cc3F)nc12. The lowest BCUT2D eigenvalue weighted by molar-refractivity contribution is -0.120. The highest BCUT2D eigenvalue weighted by Gasteiger charge is 2.36. The van der Waals surface area contributed by atoms with E-state index in [9.17, 15) is 18.0 Å². The highest BCUT2D eigenvalue weighted by atomic mass is 32.2. The van der Waals surface area contributed by atoms with E-state index in [2.05, 4.69) is 45.9 Å². The van der Waals surface area contributed by atoms with Crippen LogP contribution in [0.5, 0.6) is 5.75 Å². The second-order valence-electron chi connectivity index (χ2n) is 16.3. The Hall–Kier alpha value is -7.00. The van der Waals surface area contributed by atoms with Crippen molar-refractivity contribution in [2.45, 2.75) is 62.1 Å². The largest absolute Gasteiger partial charge is 0.485 e. The molecule has 7 aromatic rings. The number of piperazine rings is 1. The van der Waals surface area contributed by atoms with Crippen LogP contribution in [-0.2, 0) is 28.2 Å². The molecular weight excluding hydrogens is 837 g/mol. The number of urea groups is 1. The summed E-state index contributed by atoms with van der Waals surface area (Å²) in [4.78, 5) is 38.6. The summed E-state index contributed by atoms with van der Waals surface area (Å²) < 4.78 is 68.8. The minimum atomic E-state index is -4.14. The highest BCUT2D eigenvalue weighted by Crippen LogP contribution is 2.37. The van der Waals surface area contributed by atoms with Crippen LogP contribution in [0.15, 0.2) is 83.1 Å². The number of ether oxygens (including phenoxy) is 1. The number of anilines is 4. The zero-order valence-electron chi connectivity index (χ0n) is 34.9. The maximum absolute atomic E-state index is 16.3. The van der Waals surface area contributed by atoms with E-state index in [0.29, 0.717) is 59.9 Å². The molecular formula is C42H43F2N13O5S. The number of carbonyl (C=O) groups excluding carboxylic acids is 2. The summed E-state index contributed by atoms with van der Waals surface area (Å²) in [6.07, 6.45) is 4.63. The second kappa shape index (κ2) is 15.7. The first-order valence-corrected chi connectivity index (χ1v) is 21.6. The molecule has 3 amide bonds. The molecule has 18 nitrogen and oxygen atoms in total. The lowest BCUT2D eigenvalue weighted by Gasteiger charge is -2.48. The molecule has 6 heterocycles. The van der Waals surface area contributed by atoms with Crippen LogP contribution >= 0.6 is 0 Å². The van der Waals surface area contributed by atoms with Crippen molar-refractivity contribution < 1.29 is 31.5 Å². The van der Waals surface area contributed by atoms with Crippen LogP contribution in [0.4, 0.5) is 36.7 Å². The van der Waals surface area contributed by atoms with Crippen molar-refractivity contribution in [2.75, 3.05) is 41.3 Å². The van der Waals surface area contributed by atoms with Crippen molar-refractivity contribution >= 4 is 61.5 Å². The van der Waals surface area contributed by atoms with E-state index < -0.39 is 33.0 Å². The topological polar surface area (TPSA) is 201 Å². The number of sulfone groups is 1. The minimum Gasteiger partial charge on any atom is -0.485 e. The summed E-state index contributed by atoms with van der Waals surface area (Å²) in [5, 5.41) is 21.2. The van der Waals surface area contributed by atoms with Gasteiger partial charge in [0.25, 0.3) is 0 Å². The van der Waals surface area contributed by atoms with Crippen molar-refractivity contribution in [1.29, 1.82) is 0 Å². The van der Waals surface area contributed by atoms with Gasteiger partial charge in [-0.25, -0.2) is 27.0 Å². The van der Waals surface area contributed by atoms with E-state index in [-0.39, 0.29) is 57.7 Å². The monoisotopic (exact) mass is 879 g/mol. The van der Waals surface area contributed by atoms with E-state index >= 15 is 8.78 Å². The molecule has 0 spiro atoms. The van der Waals surface area contributed by atoms with Gasteiger partial charge in [0.1, 0.15) is 23.4 Å². The van der Waals surface area contributed by atoms with Gasteiger partial charge in [-0.3, -0.25) is 29.7 Å². The molecule has 63 heavy (non-hydrogen) atoms. The van der Waals surface area contributed by atoms with Crippen LogP contribution in [0.2, 0.25) is 0 Å². The molecule has 2 saturated heterocycles. The normalized spacial score (nSPS) is 16.1. The number of fused-ring (bicyclic) bond motifs is 2. The van der Waals surface area contributed by atoms with E-state index in [4.69, 9.17) is 4.74 Å². The fourth-order valence-corrected chi connectivity index (χ4v) is 9.41. The summed E-state index contributed by atoms with van der Waals surface area (Å²) in [6.45, 7) is 9.83. The molecule has 3 N–H and O–H groups in total. The molecule has 0 saturated carbocycles. The molecule has 0 bridgehead atoms. The van der Waals surface area contributed by atoms with Crippen LogP contribution in [-0.4, -0.2) is 103 Å². The molecule has 326 valence electrons. The maximum atomic E-state index is 16.3. The predicted octanol–water partition coefficient (Wildman–Crippen LogP) is 5.59. The summed E-state index contributed by atoms with van der Waals surface area (Å²) >= 11 is 0. The molecule has 2 aliphatic rings. The Bertz CT molecular complexity index is 3040. The molecule has 2 fully saturated rings. The molecule has 9 rings (SSSR count). The number of aryl methyl sites for hydroxylation is 1. The van der Waals surface area contributed by atoms with E-state index in [1.165, 1.54) is 38.6 Å². The first-order valence-electron chi connectivity index (χ1n) is 20.2. The fraction of sp³-hybridized carbons (Fsp3) is 0.310. The fourth-order valence-electron chi connectivity index (χ4n) is 8.07.